The second kappa shape index (κ2) is 7.83. The van der Waals surface area contributed by atoms with E-state index >= 15 is 0 Å². The average molecular weight is 423 g/mol. The van der Waals surface area contributed by atoms with Gasteiger partial charge in [0.1, 0.15) is 5.52 Å². The summed E-state index contributed by atoms with van der Waals surface area (Å²) in [6, 6.07) is 5.12. The van der Waals surface area contributed by atoms with Crippen LogP contribution in [0, 0.1) is 30.0 Å². The van der Waals surface area contributed by atoms with Crippen LogP contribution in [0.2, 0.25) is 0 Å². The zero-order valence-corrected chi connectivity index (χ0v) is 17.2. The molecular formula is C21H22FN7O2. The van der Waals surface area contributed by atoms with Crippen LogP contribution in [0.5, 0.6) is 0 Å². The maximum atomic E-state index is 14.7. The summed E-state index contributed by atoms with van der Waals surface area (Å²) in [4.78, 5) is 33.1. The number of amides is 1. The number of nitriles is 1. The molecule has 0 aliphatic heterocycles. The van der Waals surface area contributed by atoms with Crippen molar-refractivity contribution in [3.05, 3.63) is 45.8 Å². The third kappa shape index (κ3) is 3.63. The van der Waals surface area contributed by atoms with Crippen molar-refractivity contribution >= 4 is 28.7 Å². The fraction of sp³-hybridized carbons (Fsp3) is 0.381. The predicted molar refractivity (Wildman–Crippen MR) is 112 cm³/mol. The molecule has 0 unspecified atom stereocenters. The van der Waals surface area contributed by atoms with Gasteiger partial charge >= 0.3 is 5.69 Å². The summed E-state index contributed by atoms with van der Waals surface area (Å²) in [5.41, 5.74) is 6.49. The number of imidazole rings is 1. The van der Waals surface area contributed by atoms with E-state index < -0.39 is 11.7 Å². The van der Waals surface area contributed by atoms with Gasteiger partial charge in [0.25, 0.3) is 5.91 Å². The van der Waals surface area contributed by atoms with E-state index in [2.05, 4.69) is 21.4 Å². The highest BCUT2D eigenvalue weighted by molar-refractivity contribution is 5.94. The van der Waals surface area contributed by atoms with Crippen LogP contribution in [0.25, 0.3) is 11.2 Å². The summed E-state index contributed by atoms with van der Waals surface area (Å²) in [6.07, 6.45) is 4.37. The molecule has 0 radical (unpaired) electrons. The summed E-state index contributed by atoms with van der Waals surface area (Å²) < 4.78 is 17.8. The van der Waals surface area contributed by atoms with Crippen LogP contribution in [-0.4, -0.2) is 25.0 Å². The van der Waals surface area contributed by atoms with Gasteiger partial charge in [-0.15, -0.1) is 0 Å². The smallest absolute Gasteiger partial charge is 0.330 e. The molecule has 0 spiro atoms. The summed E-state index contributed by atoms with van der Waals surface area (Å²) in [6.45, 7) is 1.72. The Morgan fingerprint density at radius 1 is 1.32 bits per heavy atom. The van der Waals surface area contributed by atoms with Gasteiger partial charge in [-0.05, 0) is 50.3 Å². The minimum absolute atomic E-state index is 0.0116. The molecule has 3 aromatic rings. The van der Waals surface area contributed by atoms with Crippen LogP contribution in [0.4, 0.5) is 16.0 Å². The van der Waals surface area contributed by atoms with Gasteiger partial charge in [-0.2, -0.15) is 10.2 Å². The molecule has 1 aliphatic carbocycles. The van der Waals surface area contributed by atoms with Crippen molar-refractivity contribution in [3.63, 3.8) is 0 Å². The van der Waals surface area contributed by atoms with E-state index in [-0.39, 0.29) is 34.8 Å². The number of carbonyl (C=O) groups excluding carboxylic acids is 1. The Morgan fingerprint density at radius 2 is 2.03 bits per heavy atom. The zero-order valence-electron chi connectivity index (χ0n) is 17.2. The first kappa shape index (κ1) is 20.5. The standard InChI is InChI=1S/C21H22FN7O2/c1-11-7-14(18(24)30)17(22)15(8-11)26-20-25-10-16-19(27-20)29(21(31)28(16)2)13-5-3-12(9-23)4-6-13/h7-8,10,12-13H,3-6H2,1-2H3,(H2,24,30)(H,25,26,27)/t12-,13+. The van der Waals surface area contributed by atoms with Crippen LogP contribution < -0.4 is 16.7 Å². The summed E-state index contributed by atoms with van der Waals surface area (Å²) in [7, 11) is 1.65. The summed E-state index contributed by atoms with van der Waals surface area (Å²) >= 11 is 0. The second-order valence-electron chi connectivity index (χ2n) is 7.91. The molecule has 0 atom stereocenters. The van der Waals surface area contributed by atoms with Gasteiger partial charge in [0.05, 0.1) is 23.5 Å². The minimum Gasteiger partial charge on any atom is -0.366 e. The van der Waals surface area contributed by atoms with Crippen LogP contribution in [0.3, 0.4) is 0 Å². The number of nitrogens with one attached hydrogen (secondary N) is 1. The Labute approximate surface area is 177 Å². The Kier molecular flexibility index (Phi) is 5.19. The number of halogens is 1. The molecule has 160 valence electrons. The van der Waals surface area contributed by atoms with E-state index in [1.807, 2.05) is 0 Å². The lowest BCUT2D eigenvalue weighted by Gasteiger charge is -2.25. The van der Waals surface area contributed by atoms with E-state index in [0.717, 1.165) is 12.8 Å². The number of hydrogen-bond acceptors (Lipinski definition) is 6. The van der Waals surface area contributed by atoms with Gasteiger partial charge in [0.2, 0.25) is 5.95 Å². The molecule has 2 aromatic heterocycles. The van der Waals surface area contributed by atoms with E-state index in [9.17, 15) is 14.0 Å². The van der Waals surface area contributed by atoms with Crippen LogP contribution in [0.1, 0.15) is 47.6 Å². The third-order valence-corrected chi connectivity index (χ3v) is 5.81. The normalized spacial score (nSPS) is 18.6. The fourth-order valence-corrected chi connectivity index (χ4v) is 4.15. The number of nitrogens with two attached hydrogens (primary N) is 1. The molecule has 0 saturated heterocycles. The average Bonchev–Trinajstić information content (AvgIpc) is 3.00. The number of carbonyl (C=O) groups is 1. The SMILES string of the molecule is Cc1cc(Nc2ncc3c(n2)n([C@H]2CC[C@@H](C#N)CC2)c(=O)n3C)c(F)c(C(N)=O)c1. The highest BCUT2D eigenvalue weighted by Gasteiger charge is 2.27. The van der Waals surface area contributed by atoms with Crippen molar-refractivity contribution in [2.24, 2.45) is 18.7 Å². The van der Waals surface area contributed by atoms with E-state index in [1.165, 1.54) is 22.9 Å². The number of primary amides is 1. The highest BCUT2D eigenvalue weighted by Crippen LogP contribution is 2.33. The number of hydrogen-bond donors (Lipinski definition) is 2. The van der Waals surface area contributed by atoms with Crippen molar-refractivity contribution < 1.29 is 9.18 Å². The highest BCUT2D eigenvalue weighted by atomic mass is 19.1. The molecule has 3 N–H and O–H groups in total. The monoisotopic (exact) mass is 423 g/mol. The lowest BCUT2D eigenvalue weighted by molar-refractivity contribution is 0.0996. The van der Waals surface area contributed by atoms with Crippen molar-refractivity contribution in [3.8, 4) is 6.07 Å². The molecule has 10 heteroatoms. The minimum atomic E-state index is -0.870. The lowest BCUT2D eigenvalue weighted by atomic mass is 9.87. The Bertz CT molecular complexity index is 1280. The van der Waals surface area contributed by atoms with Gasteiger partial charge in [0.15, 0.2) is 11.5 Å². The fourth-order valence-electron chi connectivity index (χ4n) is 4.15. The maximum Gasteiger partial charge on any atom is 0.330 e. The summed E-state index contributed by atoms with van der Waals surface area (Å²) in [5, 5.41) is 11.9. The molecule has 1 aliphatic rings. The third-order valence-electron chi connectivity index (χ3n) is 5.81. The number of benzene rings is 1. The molecule has 9 nitrogen and oxygen atoms in total. The second-order valence-corrected chi connectivity index (χ2v) is 7.91. The van der Waals surface area contributed by atoms with E-state index in [4.69, 9.17) is 11.0 Å². The number of rotatable bonds is 4. The van der Waals surface area contributed by atoms with Gasteiger partial charge in [-0.3, -0.25) is 13.9 Å². The van der Waals surface area contributed by atoms with Crippen molar-refractivity contribution in [2.75, 3.05) is 5.32 Å². The lowest BCUT2D eigenvalue weighted by Crippen LogP contribution is -2.28. The number of anilines is 2. The van der Waals surface area contributed by atoms with Gasteiger partial charge < -0.3 is 11.1 Å². The molecule has 0 bridgehead atoms. The van der Waals surface area contributed by atoms with E-state index in [0.29, 0.717) is 29.6 Å². The Balaban J connectivity index is 1.75. The van der Waals surface area contributed by atoms with Crippen molar-refractivity contribution in [1.82, 2.24) is 19.1 Å². The van der Waals surface area contributed by atoms with Crippen LogP contribution in [-0.2, 0) is 7.05 Å². The number of aryl methyl sites for hydroxylation is 2. The quantitative estimate of drug-likeness (QED) is 0.663. The molecule has 1 saturated carbocycles. The molecule has 1 aromatic carbocycles. The summed E-state index contributed by atoms with van der Waals surface area (Å²) in [5.74, 6) is -1.55. The van der Waals surface area contributed by atoms with Gasteiger partial charge in [0, 0.05) is 19.0 Å². The topological polar surface area (TPSA) is 132 Å². The first-order valence-electron chi connectivity index (χ1n) is 10.0. The molecule has 4 rings (SSSR count). The molecule has 1 amide bonds. The van der Waals surface area contributed by atoms with Gasteiger partial charge in [-0.1, -0.05) is 0 Å². The van der Waals surface area contributed by atoms with Crippen molar-refractivity contribution in [2.45, 2.75) is 38.6 Å². The van der Waals surface area contributed by atoms with Crippen LogP contribution >= 0.6 is 0 Å². The molecule has 2 heterocycles. The van der Waals surface area contributed by atoms with Crippen molar-refractivity contribution in [1.29, 1.82) is 5.26 Å². The molecule has 1 fully saturated rings. The predicted octanol–water partition coefficient (Wildman–Crippen LogP) is 2.67. The first-order valence-corrected chi connectivity index (χ1v) is 10.0. The Hall–Kier alpha value is -3.74. The van der Waals surface area contributed by atoms with Gasteiger partial charge in [-0.25, -0.2) is 14.2 Å². The molecule has 31 heavy (non-hydrogen) atoms. The molecular weight excluding hydrogens is 401 g/mol. The number of aromatic nitrogens is 4. The van der Waals surface area contributed by atoms with E-state index in [1.54, 1.807) is 18.5 Å². The first-order chi connectivity index (χ1) is 14.8. The zero-order chi connectivity index (χ0) is 22.3. The van der Waals surface area contributed by atoms with Crippen LogP contribution in [0.15, 0.2) is 23.1 Å². The number of nitrogens with zero attached hydrogens (tertiary/aromatic N) is 5. The largest absolute Gasteiger partial charge is 0.366 e. The maximum absolute atomic E-state index is 14.7. The number of fused-ring (bicyclic) bond motifs is 1. The Morgan fingerprint density at radius 3 is 2.68 bits per heavy atom.